The molecule has 2 rings (SSSR count). The standard InChI is InChI=1S/C19H28N2/c1-7-10-20-12-15-11-17(19(4,5)6)21-18-14(3)13(2)8-9-16(15)18/h8-9,11,20H,7,10,12H2,1-6H3. The second-order valence-corrected chi connectivity index (χ2v) is 7.00. The molecule has 0 radical (unpaired) electrons. The molecule has 0 aliphatic rings. The first-order chi connectivity index (χ1) is 9.84. The van der Waals surface area contributed by atoms with Gasteiger partial charge in [0.25, 0.3) is 0 Å². The average Bonchev–Trinajstić information content (AvgIpc) is 2.42. The van der Waals surface area contributed by atoms with E-state index in [0.717, 1.165) is 25.0 Å². The number of rotatable bonds is 4. The van der Waals surface area contributed by atoms with Crippen molar-refractivity contribution in [3.05, 3.63) is 40.6 Å². The molecule has 0 saturated heterocycles. The molecule has 1 heterocycles. The van der Waals surface area contributed by atoms with Crippen molar-refractivity contribution in [1.82, 2.24) is 10.3 Å². The Morgan fingerprint density at radius 3 is 2.48 bits per heavy atom. The van der Waals surface area contributed by atoms with Crippen LogP contribution < -0.4 is 5.32 Å². The molecule has 2 nitrogen and oxygen atoms in total. The molecule has 114 valence electrons. The summed E-state index contributed by atoms with van der Waals surface area (Å²) >= 11 is 0. The quantitative estimate of drug-likeness (QED) is 0.827. The van der Waals surface area contributed by atoms with Crippen LogP contribution in [-0.4, -0.2) is 11.5 Å². The molecule has 0 bridgehead atoms. The summed E-state index contributed by atoms with van der Waals surface area (Å²) in [7, 11) is 0. The molecule has 21 heavy (non-hydrogen) atoms. The molecule has 0 atom stereocenters. The molecule has 1 aromatic heterocycles. The highest BCUT2D eigenvalue weighted by Crippen LogP contribution is 2.29. The smallest absolute Gasteiger partial charge is 0.0740 e. The molecule has 0 spiro atoms. The first-order valence-corrected chi connectivity index (χ1v) is 7.95. The Kier molecular flexibility index (Phi) is 4.67. The van der Waals surface area contributed by atoms with Crippen molar-refractivity contribution < 1.29 is 0 Å². The van der Waals surface area contributed by atoms with Crippen LogP contribution >= 0.6 is 0 Å². The summed E-state index contributed by atoms with van der Waals surface area (Å²) in [6.45, 7) is 15.2. The van der Waals surface area contributed by atoms with Crippen molar-refractivity contribution in [3.63, 3.8) is 0 Å². The highest BCUT2D eigenvalue weighted by atomic mass is 14.8. The summed E-state index contributed by atoms with van der Waals surface area (Å²) in [6.07, 6.45) is 1.16. The van der Waals surface area contributed by atoms with Gasteiger partial charge in [0.2, 0.25) is 0 Å². The summed E-state index contributed by atoms with van der Waals surface area (Å²) in [5.41, 5.74) is 6.39. The van der Waals surface area contributed by atoms with E-state index in [-0.39, 0.29) is 5.41 Å². The fraction of sp³-hybridized carbons (Fsp3) is 0.526. The van der Waals surface area contributed by atoms with Crippen molar-refractivity contribution in [2.24, 2.45) is 0 Å². The van der Waals surface area contributed by atoms with Crippen LogP contribution in [0.2, 0.25) is 0 Å². The summed E-state index contributed by atoms with van der Waals surface area (Å²) < 4.78 is 0. The van der Waals surface area contributed by atoms with Gasteiger partial charge in [-0.25, -0.2) is 0 Å². The highest BCUT2D eigenvalue weighted by Gasteiger charge is 2.18. The van der Waals surface area contributed by atoms with Crippen LogP contribution in [0.25, 0.3) is 10.9 Å². The lowest BCUT2D eigenvalue weighted by atomic mass is 9.89. The molecule has 0 aliphatic carbocycles. The average molecular weight is 284 g/mol. The highest BCUT2D eigenvalue weighted by molar-refractivity contribution is 5.86. The summed E-state index contributed by atoms with van der Waals surface area (Å²) in [6, 6.07) is 6.71. The molecule has 0 amide bonds. The molecule has 1 N–H and O–H groups in total. The number of nitrogens with one attached hydrogen (secondary N) is 1. The fourth-order valence-corrected chi connectivity index (χ4v) is 2.53. The van der Waals surface area contributed by atoms with E-state index >= 15 is 0 Å². The van der Waals surface area contributed by atoms with Gasteiger partial charge in [-0.15, -0.1) is 0 Å². The third kappa shape index (κ3) is 3.44. The summed E-state index contributed by atoms with van der Waals surface area (Å²) in [5, 5.41) is 4.82. The van der Waals surface area contributed by atoms with Gasteiger partial charge in [0.1, 0.15) is 0 Å². The van der Waals surface area contributed by atoms with Crippen molar-refractivity contribution in [2.75, 3.05) is 6.54 Å². The lowest BCUT2D eigenvalue weighted by Crippen LogP contribution is -2.18. The van der Waals surface area contributed by atoms with Gasteiger partial charge in [-0.1, -0.05) is 39.8 Å². The SMILES string of the molecule is CCCNCc1cc(C(C)(C)C)nc2c(C)c(C)ccc12. The predicted octanol–water partition coefficient (Wildman–Crippen LogP) is 4.65. The minimum atomic E-state index is 0.0733. The largest absolute Gasteiger partial charge is 0.313 e. The number of aryl methyl sites for hydroxylation is 2. The monoisotopic (exact) mass is 284 g/mol. The van der Waals surface area contributed by atoms with E-state index in [1.54, 1.807) is 0 Å². The normalized spacial score (nSPS) is 12.1. The topological polar surface area (TPSA) is 24.9 Å². The Bertz CT molecular complexity index is 636. The maximum Gasteiger partial charge on any atom is 0.0740 e. The molecule has 2 heteroatoms. The van der Waals surface area contributed by atoms with Crippen LogP contribution in [0.1, 0.15) is 56.5 Å². The number of aromatic nitrogens is 1. The van der Waals surface area contributed by atoms with Gasteiger partial charge in [0.05, 0.1) is 5.52 Å². The zero-order valence-electron chi connectivity index (χ0n) is 14.3. The van der Waals surface area contributed by atoms with Crippen LogP contribution in [0.3, 0.4) is 0 Å². The number of nitrogens with zero attached hydrogens (tertiary/aromatic N) is 1. The first-order valence-electron chi connectivity index (χ1n) is 7.95. The Morgan fingerprint density at radius 2 is 1.86 bits per heavy atom. The van der Waals surface area contributed by atoms with Crippen molar-refractivity contribution in [2.45, 2.75) is 59.9 Å². The second kappa shape index (κ2) is 6.15. The number of benzene rings is 1. The van der Waals surface area contributed by atoms with E-state index in [1.165, 1.54) is 27.8 Å². The van der Waals surface area contributed by atoms with Gasteiger partial charge in [-0.05, 0) is 49.6 Å². The molecule has 2 aromatic rings. The summed E-state index contributed by atoms with van der Waals surface area (Å²) in [4.78, 5) is 4.97. The Hall–Kier alpha value is -1.41. The third-order valence-corrected chi connectivity index (χ3v) is 4.10. The van der Waals surface area contributed by atoms with Crippen LogP contribution in [0.4, 0.5) is 0 Å². The maximum absolute atomic E-state index is 4.97. The van der Waals surface area contributed by atoms with E-state index < -0.39 is 0 Å². The minimum absolute atomic E-state index is 0.0733. The molecular formula is C19H28N2. The van der Waals surface area contributed by atoms with E-state index in [9.17, 15) is 0 Å². The molecular weight excluding hydrogens is 256 g/mol. The lowest BCUT2D eigenvalue weighted by molar-refractivity contribution is 0.569. The number of pyridine rings is 1. The van der Waals surface area contributed by atoms with Gasteiger partial charge in [-0.3, -0.25) is 4.98 Å². The van der Waals surface area contributed by atoms with Crippen LogP contribution in [-0.2, 0) is 12.0 Å². The zero-order valence-corrected chi connectivity index (χ0v) is 14.3. The van der Waals surface area contributed by atoms with Gasteiger partial charge in [0.15, 0.2) is 0 Å². The molecule has 0 fully saturated rings. The lowest BCUT2D eigenvalue weighted by Gasteiger charge is -2.21. The van der Waals surface area contributed by atoms with Gasteiger partial charge >= 0.3 is 0 Å². The number of fused-ring (bicyclic) bond motifs is 1. The van der Waals surface area contributed by atoms with Crippen molar-refractivity contribution >= 4 is 10.9 Å². The molecule has 0 saturated carbocycles. The van der Waals surface area contributed by atoms with Gasteiger partial charge < -0.3 is 5.32 Å². The van der Waals surface area contributed by atoms with E-state index in [1.807, 2.05) is 0 Å². The minimum Gasteiger partial charge on any atom is -0.313 e. The number of hydrogen-bond donors (Lipinski definition) is 1. The predicted molar refractivity (Wildman–Crippen MR) is 91.9 cm³/mol. The van der Waals surface area contributed by atoms with Gasteiger partial charge in [-0.2, -0.15) is 0 Å². The Morgan fingerprint density at radius 1 is 1.14 bits per heavy atom. The zero-order chi connectivity index (χ0) is 15.6. The molecule has 1 aromatic carbocycles. The first kappa shape index (κ1) is 16.0. The van der Waals surface area contributed by atoms with Crippen LogP contribution in [0, 0.1) is 13.8 Å². The van der Waals surface area contributed by atoms with Crippen LogP contribution in [0.5, 0.6) is 0 Å². The third-order valence-electron chi connectivity index (χ3n) is 4.10. The Balaban J connectivity index is 2.61. The van der Waals surface area contributed by atoms with E-state index in [4.69, 9.17) is 4.98 Å². The fourth-order valence-electron chi connectivity index (χ4n) is 2.53. The maximum atomic E-state index is 4.97. The van der Waals surface area contributed by atoms with E-state index in [0.29, 0.717) is 0 Å². The molecule has 0 unspecified atom stereocenters. The van der Waals surface area contributed by atoms with Crippen molar-refractivity contribution in [1.29, 1.82) is 0 Å². The molecule has 0 aliphatic heterocycles. The number of hydrogen-bond acceptors (Lipinski definition) is 2. The second-order valence-electron chi connectivity index (χ2n) is 7.00. The van der Waals surface area contributed by atoms with Gasteiger partial charge in [0, 0.05) is 23.0 Å². The summed E-state index contributed by atoms with van der Waals surface area (Å²) in [5.74, 6) is 0. The van der Waals surface area contributed by atoms with E-state index in [2.05, 4.69) is 65.1 Å². The Labute approximate surface area is 129 Å². The van der Waals surface area contributed by atoms with Crippen molar-refractivity contribution in [3.8, 4) is 0 Å². The van der Waals surface area contributed by atoms with Crippen LogP contribution in [0.15, 0.2) is 18.2 Å².